The number of aliphatic hydroxyl groups is 1. The van der Waals surface area contributed by atoms with E-state index in [0.29, 0.717) is 19.4 Å². The number of hydrogen-bond acceptors (Lipinski definition) is 7. The Bertz CT molecular complexity index is 1100. The van der Waals surface area contributed by atoms with E-state index in [1.807, 2.05) is 48.5 Å². The van der Waals surface area contributed by atoms with Gasteiger partial charge in [-0.25, -0.2) is 0 Å². The van der Waals surface area contributed by atoms with E-state index >= 15 is 0 Å². The molecule has 1 N–H and O–H groups in total. The summed E-state index contributed by atoms with van der Waals surface area (Å²) in [6.45, 7) is 2.53. The second-order valence-electron chi connectivity index (χ2n) is 9.40. The summed E-state index contributed by atoms with van der Waals surface area (Å²) in [6.07, 6.45) is 3.12. The van der Waals surface area contributed by atoms with Crippen LogP contribution in [0.4, 0.5) is 0 Å². The maximum atomic E-state index is 12.8. The van der Waals surface area contributed by atoms with Crippen LogP contribution in [0.2, 0.25) is 0 Å². The van der Waals surface area contributed by atoms with Crippen LogP contribution in [0.3, 0.4) is 0 Å². The Balaban J connectivity index is 1.14. The standard InChI is InChI=1S/C27H29NO6/c29-21-12-17-9-10-28-15-18-13-22-23(33-16-32-22)14-20(18)25(26(17)28)27(21)34-24(30)8-4-5-11-31-19-6-2-1-3-7-19/h1-3,6-7,12-14,21,25-27,29H,4-5,8-11,15-16H2. The predicted molar refractivity (Wildman–Crippen MR) is 124 cm³/mol. The van der Waals surface area contributed by atoms with Crippen molar-refractivity contribution >= 4 is 5.97 Å². The number of carbonyl (C=O) groups excluding carboxylic acids is 1. The monoisotopic (exact) mass is 463 g/mol. The van der Waals surface area contributed by atoms with Gasteiger partial charge in [0.15, 0.2) is 11.5 Å². The predicted octanol–water partition coefficient (Wildman–Crippen LogP) is 3.55. The number of benzene rings is 2. The fourth-order valence-corrected chi connectivity index (χ4v) is 5.76. The van der Waals surface area contributed by atoms with Crippen molar-refractivity contribution in [2.45, 2.75) is 56.4 Å². The van der Waals surface area contributed by atoms with Gasteiger partial charge < -0.3 is 24.1 Å². The first-order valence-corrected chi connectivity index (χ1v) is 12.1. The van der Waals surface area contributed by atoms with Crippen molar-refractivity contribution < 1.29 is 28.8 Å². The highest BCUT2D eigenvalue weighted by molar-refractivity contribution is 5.70. The van der Waals surface area contributed by atoms with Gasteiger partial charge >= 0.3 is 5.97 Å². The Labute approximate surface area is 198 Å². The van der Waals surface area contributed by atoms with Crippen LogP contribution >= 0.6 is 0 Å². The molecule has 0 saturated carbocycles. The molecule has 4 aliphatic rings. The second-order valence-corrected chi connectivity index (χ2v) is 9.40. The molecule has 0 amide bonds. The molecule has 0 aromatic heterocycles. The van der Waals surface area contributed by atoms with Gasteiger partial charge in [-0.3, -0.25) is 9.69 Å². The lowest BCUT2D eigenvalue weighted by atomic mass is 9.73. The molecule has 1 fully saturated rings. The molecular formula is C27H29NO6. The van der Waals surface area contributed by atoms with Crippen molar-refractivity contribution in [3.8, 4) is 17.2 Å². The average molecular weight is 464 g/mol. The number of nitrogens with zero attached hydrogens (tertiary/aromatic N) is 1. The number of fused-ring (bicyclic) bond motifs is 3. The zero-order chi connectivity index (χ0) is 23.1. The third-order valence-electron chi connectivity index (χ3n) is 7.30. The zero-order valence-corrected chi connectivity index (χ0v) is 19.0. The first-order chi connectivity index (χ1) is 16.7. The molecule has 1 saturated heterocycles. The molecule has 7 nitrogen and oxygen atoms in total. The van der Waals surface area contributed by atoms with E-state index < -0.39 is 12.2 Å². The average Bonchev–Trinajstić information content (AvgIpc) is 3.47. The van der Waals surface area contributed by atoms with Gasteiger partial charge in [0.1, 0.15) is 18.0 Å². The number of hydrogen-bond donors (Lipinski definition) is 1. The summed E-state index contributed by atoms with van der Waals surface area (Å²) in [7, 11) is 0. The van der Waals surface area contributed by atoms with Crippen molar-refractivity contribution in [3.63, 3.8) is 0 Å². The third kappa shape index (κ3) is 3.93. The Morgan fingerprint density at radius 3 is 2.79 bits per heavy atom. The lowest BCUT2D eigenvalue weighted by molar-refractivity contribution is -0.157. The molecule has 7 heteroatoms. The summed E-state index contributed by atoms with van der Waals surface area (Å²) in [4.78, 5) is 15.2. The lowest BCUT2D eigenvalue weighted by Crippen LogP contribution is -2.51. The van der Waals surface area contributed by atoms with Gasteiger partial charge in [0.2, 0.25) is 6.79 Å². The second kappa shape index (κ2) is 8.96. The molecular weight excluding hydrogens is 434 g/mol. The van der Waals surface area contributed by atoms with Crippen LogP contribution < -0.4 is 14.2 Å². The highest BCUT2D eigenvalue weighted by Crippen LogP contribution is 2.50. The Hall–Kier alpha value is -3.03. The zero-order valence-electron chi connectivity index (χ0n) is 19.0. The first-order valence-electron chi connectivity index (χ1n) is 12.1. The summed E-state index contributed by atoms with van der Waals surface area (Å²) in [5.74, 6) is 1.91. The summed E-state index contributed by atoms with van der Waals surface area (Å²) in [5, 5.41) is 11.0. The molecule has 0 spiro atoms. The van der Waals surface area contributed by atoms with Crippen LogP contribution in [0.1, 0.15) is 42.7 Å². The Morgan fingerprint density at radius 2 is 1.94 bits per heavy atom. The minimum Gasteiger partial charge on any atom is -0.494 e. The van der Waals surface area contributed by atoms with E-state index in [0.717, 1.165) is 54.3 Å². The highest BCUT2D eigenvalue weighted by atomic mass is 16.7. The highest BCUT2D eigenvalue weighted by Gasteiger charge is 2.50. The number of para-hydroxylation sites is 1. The van der Waals surface area contributed by atoms with E-state index in [4.69, 9.17) is 18.9 Å². The van der Waals surface area contributed by atoms with Crippen LogP contribution in [-0.4, -0.2) is 54.2 Å². The van der Waals surface area contributed by atoms with Gasteiger partial charge in [0.05, 0.1) is 6.61 Å². The molecule has 3 heterocycles. The lowest BCUT2D eigenvalue weighted by Gasteiger charge is -2.45. The van der Waals surface area contributed by atoms with E-state index in [1.54, 1.807) is 0 Å². The fraction of sp³-hybridized carbons (Fsp3) is 0.444. The van der Waals surface area contributed by atoms with Crippen molar-refractivity contribution in [1.29, 1.82) is 0 Å². The summed E-state index contributed by atoms with van der Waals surface area (Å²) in [6, 6.07) is 13.9. The number of carbonyl (C=O) groups is 1. The van der Waals surface area contributed by atoms with Crippen molar-refractivity contribution in [1.82, 2.24) is 4.90 Å². The van der Waals surface area contributed by atoms with Gasteiger partial charge in [-0.2, -0.15) is 0 Å². The summed E-state index contributed by atoms with van der Waals surface area (Å²) < 4.78 is 22.9. The number of ether oxygens (including phenoxy) is 4. The van der Waals surface area contributed by atoms with Gasteiger partial charge in [-0.1, -0.05) is 29.8 Å². The molecule has 0 radical (unpaired) electrons. The fourth-order valence-electron chi connectivity index (χ4n) is 5.76. The van der Waals surface area contributed by atoms with Gasteiger partial charge in [0, 0.05) is 31.5 Å². The smallest absolute Gasteiger partial charge is 0.306 e. The van der Waals surface area contributed by atoms with Crippen molar-refractivity contribution in [2.75, 3.05) is 19.9 Å². The Morgan fingerprint density at radius 1 is 1.12 bits per heavy atom. The maximum absolute atomic E-state index is 12.8. The number of rotatable bonds is 7. The van der Waals surface area contributed by atoms with E-state index in [2.05, 4.69) is 4.90 Å². The first kappa shape index (κ1) is 21.5. The van der Waals surface area contributed by atoms with Crippen LogP contribution in [0.5, 0.6) is 17.2 Å². The third-order valence-corrected chi connectivity index (χ3v) is 7.30. The van der Waals surface area contributed by atoms with Gasteiger partial charge in [0.25, 0.3) is 0 Å². The number of unbranched alkanes of at least 4 members (excludes halogenated alkanes) is 1. The normalized spacial score (nSPS) is 26.4. The van der Waals surface area contributed by atoms with Gasteiger partial charge in [-0.05, 0) is 54.7 Å². The van der Waals surface area contributed by atoms with E-state index in [-0.39, 0.29) is 24.7 Å². The molecule has 178 valence electrons. The minimum atomic E-state index is -0.821. The Kier molecular flexibility index (Phi) is 5.67. The molecule has 2 aromatic carbocycles. The van der Waals surface area contributed by atoms with Gasteiger partial charge in [-0.15, -0.1) is 0 Å². The van der Waals surface area contributed by atoms with Crippen LogP contribution in [0.25, 0.3) is 0 Å². The topological polar surface area (TPSA) is 77.5 Å². The molecule has 34 heavy (non-hydrogen) atoms. The van der Waals surface area contributed by atoms with E-state index in [9.17, 15) is 9.90 Å². The molecule has 1 aliphatic carbocycles. The molecule has 4 unspecified atom stereocenters. The van der Waals surface area contributed by atoms with Crippen LogP contribution in [-0.2, 0) is 16.1 Å². The summed E-state index contributed by atoms with van der Waals surface area (Å²) in [5.41, 5.74) is 3.48. The molecule has 2 aromatic rings. The largest absolute Gasteiger partial charge is 0.494 e. The SMILES string of the molecule is O=C(CCCCOc1ccccc1)OC1C(O)C=C2CCN3Cc4cc5c(cc4C1C23)OCO5. The van der Waals surface area contributed by atoms with Crippen molar-refractivity contribution in [2.24, 2.45) is 0 Å². The molecule has 3 aliphatic heterocycles. The molecule has 0 bridgehead atoms. The van der Waals surface area contributed by atoms with Crippen molar-refractivity contribution in [3.05, 3.63) is 65.2 Å². The van der Waals surface area contributed by atoms with Crippen LogP contribution in [0, 0.1) is 0 Å². The molecule has 6 rings (SSSR count). The number of aliphatic hydroxyl groups excluding tert-OH is 1. The maximum Gasteiger partial charge on any atom is 0.306 e. The summed E-state index contributed by atoms with van der Waals surface area (Å²) >= 11 is 0. The van der Waals surface area contributed by atoms with E-state index in [1.165, 1.54) is 5.57 Å². The van der Waals surface area contributed by atoms with Crippen LogP contribution in [0.15, 0.2) is 54.1 Å². The quantitative estimate of drug-likeness (QED) is 0.382. The number of esters is 1. The minimum absolute atomic E-state index is 0.124. The molecule has 4 atom stereocenters.